The average Bonchev–Trinajstić information content (AvgIpc) is 2.87. The minimum absolute atomic E-state index is 0.0631. The molecule has 1 aliphatic rings. The monoisotopic (exact) mass is 585 g/mol. The highest BCUT2D eigenvalue weighted by Gasteiger charge is 2.45. The van der Waals surface area contributed by atoms with Crippen LogP contribution in [-0.2, 0) is 22.6 Å². The number of aromatic nitrogens is 2. The van der Waals surface area contributed by atoms with E-state index < -0.39 is 49.9 Å². The second-order valence-corrected chi connectivity index (χ2v) is 11.5. The second-order valence-electron chi connectivity index (χ2n) is 9.86. The largest absolute Gasteiger partial charge is 0.416 e. The van der Waals surface area contributed by atoms with Crippen molar-refractivity contribution in [2.75, 3.05) is 36.8 Å². The highest BCUT2D eigenvalue weighted by Crippen LogP contribution is 2.36. The molecule has 2 atom stereocenters. The van der Waals surface area contributed by atoms with E-state index in [0.29, 0.717) is 5.56 Å². The number of nitrogens with one attached hydrogen (secondary N) is 1. The molecule has 2 aromatic carbocycles. The molecular weight excluding hydrogens is 557 g/mol. The molecule has 216 valence electrons. The lowest BCUT2D eigenvalue weighted by Gasteiger charge is -2.51. The lowest BCUT2D eigenvalue weighted by Crippen LogP contribution is -2.64. The van der Waals surface area contributed by atoms with E-state index >= 15 is 8.78 Å². The summed E-state index contributed by atoms with van der Waals surface area (Å²) in [5, 5.41) is 11.0. The van der Waals surface area contributed by atoms with E-state index in [2.05, 4.69) is 9.97 Å². The maximum absolute atomic E-state index is 15.1. The summed E-state index contributed by atoms with van der Waals surface area (Å²) in [6.45, 7) is 0.300. The van der Waals surface area contributed by atoms with Crippen molar-refractivity contribution in [2.45, 2.75) is 42.0 Å². The van der Waals surface area contributed by atoms with Gasteiger partial charge in [0, 0.05) is 25.0 Å². The summed E-state index contributed by atoms with van der Waals surface area (Å²) >= 11 is 0. The van der Waals surface area contributed by atoms with Crippen LogP contribution in [0.25, 0.3) is 0 Å². The summed E-state index contributed by atoms with van der Waals surface area (Å²) in [6, 6.07) is 7.98. The minimum Gasteiger partial charge on any atom is -0.391 e. The van der Waals surface area contributed by atoms with E-state index in [9.17, 15) is 26.7 Å². The number of sulfonamides is 1. The van der Waals surface area contributed by atoms with Crippen molar-refractivity contribution in [3.63, 3.8) is 0 Å². The van der Waals surface area contributed by atoms with E-state index in [1.807, 2.05) is 4.72 Å². The molecule has 0 saturated carbocycles. The highest BCUT2D eigenvalue weighted by atomic mass is 32.2. The Morgan fingerprint density at radius 3 is 2.45 bits per heavy atom. The van der Waals surface area contributed by atoms with Crippen molar-refractivity contribution < 1.29 is 35.5 Å². The third kappa shape index (κ3) is 6.18. The summed E-state index contributed by atoms with van der Waals surface area (Å²) in [5.41, 5.74) is -1.25. The molecule has 8 nitrogen and oxygen atoms in total. The number of aliphatic hydroxyl groups excluding tert-OH is 1. The van der Waals surface area contributed by atoms with Crippen LogP contribution in [0.15, 0.2) is 59.9 Å². The zero-order valence-electron chi connectivity index (χ0n) is 21.7. The summed E-state index contributed by atoms with van der Waals surface area (Å²) in [5.74, 6) is -2.80. The van der Waals surface area contributed by atoms with Gasteiger partial charge in [0.1, 0.15) is 23.8 Å². The van der Waals surface area contributed by atoms with Gasteiger partial charge in [-0.2, -0.15) is 13.2 Å². The van der Waals surface area contributed by atoms with E-state index in [-0.39, 0.29) is 43.9 Å². The van der Waals surface area contributed by atoms with Gasteiger partial charge in [-0.05, 0) is 63.2 Å². The first kappa shape index (κ1) is 29.6. The van der Waals surface area contributed by atoms with Crippen LogP contribution in [0.4, 0.5) is 33.5 Å². The molecule has 0 bridgehead atoms. The van der Waals surface area contributed by atoms with Crippen molar-refractivity contribution in [2.24, 2.45) is 0 Å². The first-order chi connectivity index (χ1) is 18.7. The van der Waals surface area contributed by atoms with Gasteiger partial charge in [0.05, 0.1) is 17.2 Å². The molecule has 0 radical (unpaired) electrons. The number of likely N-dealkylation sites (N-methyl/N-ethyl adjacent to an activating group) is 1. The Bertz CT molecular complexity index is 1430. The number of nitrogens with zero attached hydrogens (tertiary/aromatic N) is 4. The Hall–Kier alpha value is -3.36. The van der Waals surface area contributed by atoms with Gasteiger partial charge in [-0.25, -0.2) is 27.2 Å². The third-order valence-electron chi connectivity index (χ3n) is 7.19. The van der Waals surface area contributed by atoms with Gasteiger partial charge in [0.2, 0.25) is 0 Å². The van der Waals surface area contributed by atoms with Gasteiger partial charge >= 0.3 is 6.18 Å². The first-order valence-electron chi connectivity index (χ1n) is 12.3. The molecule has 2 N–H and O–H groups in total. The molecule has 0 spiro atoms. The molecule has 40 heavy (non-hydrogen) atoms. The zero-order valence-corrected chi connectivity index (χ0v) is 22.5. The third-order valence-corrected chi connectivity index (χ3v) is 8.59. The van der Waals surface area contributed by atoms with Crippen LogP contribution in [0.3, 0.4) is 0 Å². The predicted octanol–water partition coefficient (Wildman–Crippen LogP) is 4.08. The fourth-order valence-corrected chi connectivity index (χ4v) is 6.11. The maximum Gasteiger partial charge on any atom is 0.416 e. The van der Waals surface area contributed by atoms with Gasteiger partial charge in [0.25, 0.3) is 10.0 Å². The molecule has 1 aliphatic heterocycles. The molecule has 2 heterocycles. The van der Waals surface area contributed by atoms with Crippen LogP contribution < -0.4 is 9.62 Å². The van der Waals surface area contributed by atoms with Gasteiger partial charge < -0.3 is 10.0 Å². The van der Waals surface area contributed by atoms with Crippen LogP contribution in [0.2, 0.25) is 0 Å². The molecule has 0 aliphatic carbocycles. The summed E-state index contributed by atoms with van der Waals surface area (Å²) < 4.78 is 97.2. The number of benzene rings is 2. The fraction of sp³-hybridized carbons (Fsp3) is 0.385. The standard InChI is InChI=1S/C26H28F5N5O3S/c1-35(2)25(9-6-17-4-3-5-18(12-17)26(29,30)31)15-36(11-8-22(25)37)19-13-20(27)24(21(28)14-19)40(38,39)34-23-7-10-32-16-33-23/h3-5,7,10,12-14,16,22,37H,6,8-9,11,15H2,1-2H3,(H,32,33,34)/t22-,25+/m0/s1. The van der Waals surface area contributed by atoms with Gasteiger partial charge in [0.15, 0.2) is 4.90 Å². The Morgan fingerprint density at radius 2 is 1.85 bits per heavy atom. The number of anilines is 2. The van der Waals surface area contributed by atoms with Gasteiger partial charge in [-0.1, -0.05) is 18.2 Å². The smallest absolute Gasteiger partial charge is 0.391 e. The predicted molar refractivity (Wildman–Crippen MR) is 138 cm³/mol. The van der Waals surface area contributed by atoms with Crippen molar-refractivity contribution in [3.8, 4) is 0 Å². The number of piperidine rings is 1. The Morgan fingerprint density at radius 1 is 1.15 bits per heavy atom. The number of alkyl halides is 3. The lowest BCUT2D eigenvalue weighted by atomic mass is 9.79. The van der Waals surface area contributed by atoms with Crippen LogP contribution in [0.1, 0.15) is 24.0 Å². The van der Waals surface area contributed by atoms with Crippen LogP contribution in [0, 0.1) is 11.6 Å². The van der Waals surface area contributed by atoms with Gasteiger partial charge in [-0.3, -0.25) is 9.62 Å². The van der Waals surface area contributed by atoms with Crippen molar-refractivity contribution in [3.05, 3.63) is 77.8 Å². The zero-order chi connectivity index (χ0) is 29.3. The molecule has 1 saturated heterocycles. The number of halogens is 5. The number of hydrogen-bond donors (Lipinski definition) is 2. The molecule has 0 unspecified atom stereocenters. The highest BCUT2D eigenvalue weighted by molar-refractivity contribution is 7.92. The molecule has 14 heteroatoms. The SMILES string of the molecule is CN(C)[C@]1(CCc2cccc(C(F)(F)F)c2)CN(c2cc(F)c(S(=O)(=O)Nc3ccncn3)c(F)c2)CC[C@@H]1O. The molecule has 1 aromatic heterocycles. The van der Waals surface area contributed by atoms with Crippen molar-refractivity contribution >= 4 is 21.5 Å². The Kier molecular flexibility index (Phi) is 8.33. The van der Waals surface area contributed by atoms with Crippen molar-refractivity contribution in [1.82, 2.24) is 14.9 Å². The van der Waals surface area contributed by atoms with E-state index in [0.717, 1.165) is 30.6 Å². The van der Waals surface area contributed by atoms with E-state index in [4.69, 9.17) is 0 Å². The second kappa shape index (κ2) is 11.3. The van der Waals surface area contributed by atoms with E-state index in [1.54, 1.807) is 30.0 Å². The molecule has 1 fully saturated rings. The molecule has 3 aromatic rings. The number of aryl methyl sites for hydroxylation is 1. The Balaban J connectivity index is 1.59. The summed E-state index contributed by atoms with van der Waals surface area (Å²) in [4.78, 5) is 9.56. The van der Waals surface area contributed by atoms with Gasteiger partial charge in [-0.15, -0.1) is 0 Å². The molecular formula is C26H28F5N5O3S. The first-order valence-corrected chi connectivity index (χ1v) is 13.8. The normalized spacial score (nSPS) is 20.1. The number of hydrogen-bond acceptors (Lipinski definition) is 7. The van der Waals surface area contributed by atoms with Crippen LogP contribution in [-0.4, -0.2) is 67.2 Å². The Labute approximate surface area is 228 Å². The topological polar surface area (TPSA) is 98.7 Å². The number of rotatable bonds is 8. The quantitative estimate of drug-likeness (QED) is 0.385. The lowest BCUT2D eigenvalue weighted by molar-refractivity contribution is -0.137. The molecule has 0 amide bonds. The summed E-state index contributed by atoms with van der Waals surface area (Å²) in [7, 11) is -1.22. The number of aliphatic hydroxyl groups is 1. The van der Waals surface area contributed by atoms with Crippen LogP contribution in [0.5, 0.6) is 0 Å². The maximum atomic E-state index is 15.1. The van der Waals surface area contributed by atoms with Crippen LogP contribution >= 0.6 is 0 Å². The van der Waals surface area contributed by atoms with Crippen molar-refractivity contribution in [1.29, 1.82) is 0 Å². The summed E-state index contributed by atoms with van der Waals surface area (Å²) in [6.07, 6.45) is -2.37. The fourth-order valence-electron chi connectivity index (χ4n) is 4.98. The molecule has 4 rings (SSSR count). The average molecular weight is 586 g/mol. The van der Waals surface area contributed by atoms with E-state index in [1.165, 1.54) is 18.3 Å². The minimum atomic E-state index is -4.66.